The van der Waals surface area contributed by atoms with Gasteiger partial charge in [0.15, 0.2) is 0 Å². The molecule has 1 aromatic carbocycles. The van der Waals surface area contributed by atoms with Gasteiger partial charge in [0, 0.05) is 0 Å². The predicted octanol–water partition coefficient (Wildman–Crippen LogP) is 6.61. The van der Waals surface area contributed by atoms with E-state index in [1.54, 1.807) is 5.57 Å². The second-order valence-corrected chi connectivity index (χ2v) is 10.5. The van der Waals surface area contributed by atoms with Crippen LogP contribution >= 0.6 is 0 Å². The molecule has 0 aromatic heterocycles. The van der Waals surface area contributed by atoms with Gasteiger partial charge in [0.25, 0.3) is 0 Å². The molecule has 0 heterocycles. The Morgan fingerprint density at radius 3 is 2.67 bits per heavy atom. The molecule has 5 rings (SSSR count). The molecule has 0 saturated heterocycles. The fraction of sp³-hybridized carbons (Fsp3) is 0.692. The third-order valence-corrected chi connectivity index (χ3v) is 9.61. The van der Waals surface area contributed by atoms with Crippen LogP contribution in [0.2, 0.25) is 0 Å². The van der Waals surface area contributed by atoms with Crippen LogP contribution in [0.3, 0.4) is 0 Å². The summed E-state index contributed by atoms with van der Waals surface area (Å²) in [5.74, 6) is 3.56. The van der Waals surface area contributed by atoms with Crippen LogP contribution < -0.4 is 0 Å². The van der Waals surface area contributed by atoms with Gasteiger partial charge in [0.05, 0.1) is 6.61 Å². The zero-order valence-electron chi connectivity index (χ0n) is 17.2. The summed E-state index contributed by atoms with van der Waals surface area (Å²) in [6.07, 6.45) is 15.3. The summed E-state index contributed by atoms with van der Waals surface area (Å²) in [6.45, 7) is 5.38. The summed E-state index contributed by atoms with van der Waals surface area (Å²) in [7, 11) is 0. The number of allylic oxidation sites excluding steroid dienone is 2. The van der Waals surface area contributed by atoms with E-state index in [1.165, 1.54) is 63.4 Å². The normalized spacial score (nSPS) is 43.4. The molecule has 3 fully saturated rings. The minimum atomic E-state index is 0.156. The lowest BCUT2D eigenvalue weighted by Crippen LogP contribution is -2.52. The van der Waals surface area contributed by atoms with Crippen molar-refractivity contribution in [1.82, 2.24) is 0 Å². The van der Waals surface area contributed by atoms with Crippen molar-refractivity contribution in [3.05, 3.63) is 41.5 Å². The van der Waals surface area contributed by atoms with Crippen LogP contribution in [-0.2, 0) is 6.61 Å². The molecule has 27 heavy (non-hydrogen) atoms. The van der Waals surface area contributed by atoms with E-state index in [0.29, 0.717) is 10.8 Å². The van der Waals surface area contributed by atoms with Crippen LogP contribution in [0.5, 0.6) is 0 Å². The molecule has 0 bridgehead atoms. The van der Waals surface area contributed by atoms with Gasteiger partial charge in [-0.3, -0.25) is 0 Å². The minimum Gasteiger partial charge on any atom is -0.392 e. The van der Waals surface area contributed by atoms with Crippen LogP contribution in [0.25, 0.3) is 5.57 Å². The monoisotopic (exact) mass is 364 g/mol. The molecule has 0 radical (unpaired) electrons. The van der Waals surface area contributed by atoms with Crippen molar-refractivity contribution in [1.29, 1.82) is 0 Å². The van der Waals surface area contributed by atoms with E-state index < -0.39 is 0 Å². The lowest BCUT2D eigenvalue weighted by Gasteiger charge is -2.60. The first-order valence-electron chi connectivity index (χ1n) is 11.5. The second-order valence-electron chi connectivity index (χ2n) is 10.5. The molecule has 1 nitrogen and oxygen atoms in total. The molecule has 1 N–H and O–H groups in total. The Hall–Kier alpha value is -1.08. The lowest BCUT2D eigenvalue weighted by atomic mass is 9.44. The van der Waals surface area contributed by atoms with Gasteiger partial charge in [-0.1, -0.05) is 50.6 Å². The van der Waals surface area contributed by atoms with Gasteiger partial charge >= 0.3 is 0 Å². The van der Waals surface area contributed by atoms with Crippen molar-refractivity contribution in [3.63, 3.8) is 0 Å². The van der Waals surface area contributed by atoms with E-state index in [0.717, 1.165) is 29.2 Å². The van der Waals surface area contributed by atoms with Gasteiger partial charge in [-0.15, -0.1) is 0 Å². The first-order chi connectivity index (χ1) is 13.1. The average molecular weight is 365 g/mol. The molecule has 6 atom stereocenters. The summed E-state index contributed by atoms with van der Waals surface area (Å²) in [6, 6.07) is 8.64. The summed E-state index contributed by atoms with van der Waals surface area (Å²) in [4.78, 5) is 0. The van der Waals surface area contributed by atoms with Gasteiger partial charge < -0.3 is 5.11 Å². The van der Waals surface area contributed by atoms with Crippen molar-refractivity contribution in [2.45, 2.75) is 78.2 Å². The third kappa shape index (κ3) is 2.53. The molecule has 1 unspecified atom stereocenters. The number of rotatable bonds is 2. The Morgan fingerprint density at radius 1 is 0.963 bits per heavy atom. The van der Waals surface area contributed by atoms with Crippen molar-refractivity contribution in [3.8, 4) is 0 Å². The summed E-state index contributed by atoms with van der Waals surface area (Å²) >= 11 is 0. The van der Waals surface area contributed by atoms with Gasteiger partial charge in [-0.05, 0) is 103 Å². The highest BCUT2D eigenvalue weighted by molar-refractivity contribution is 5.74. The Morgan fingerprint density at radius 2 is 1.81 bits per heavy atom. The van der Waals surface area contributed by atoms with Crippen molar-refractivity contribution < 1.29 is 5.11 Å². The first kappa shape index (κ1) is 18.0. The molecule has 1 heteroatoms. The maximum absolute atomic E-state index is 9.99. The molecule has 3 saturated carbocycles. The summed E-state index contributed by atoms with van der Waals surface area (Å²) in [5, 5.41) is 9.99. The largest absolute Gasteiger partial charge is 0.392 e. The highest BCUT2D eigenvalue weighted by Gasteiger charge is 2.58. The van der Waals surface area contributed by atoms with Crippen LogP contribution in [0.1, 0.15) is 82.8 Å². The molecule has 0 spiro atoms. The predicted molar refractivity (Wildman–Crippen MR) is 112 cm³/mol. The lowest BCUT2D eigenvalue weighted by molar-refractivity contribution is -0.0629. The molecular weight excluding hydrogens is 328 g/mol. The highest BCUT2D eigenvalue weighted by atomic mass is 16.3. The molecule has 4 aliphatic carbocycles. The number of aliphatic hydroxyl groups is 1. The van der Waals surface area contributed by atoms with Gasteiger partial charge in [0.2, 0.25) is 0 Å². The second kappa shape index (κ2) is 6.48. The molecule has 0 amide bonds. The van der Waals surface area contributed by atoms with Crippen molar-refractivity contribution in [2.24, 2.45) is 34.5 Å². The molecular formula is C26H36O. The van der Waals surface area contributed by atoms with E-state index >= 15 is 0 Å². The van der Waals surface area contributed by atoms with Crippen LogP contribution in [-0.4, -0.2) is 5.11 Å². The molecule has 1 aromatic rings. The fourth-order valence-corrected chi connectivity index (χ4v) is 8.26. The fourth-order valence-electron chi connectivity index (χ4n) is 8.26. The molecule has 146 valence electrons. The third-order valence-electron chi connectivity index (χ3n) is 9.61. The van der Waals surface area contributed by atoms with Crippen molar-refractivity contribution in [2.75, 3.05) is 0 Å². The molecule has 4 aliphatic rings. The minimum absolute atomic E-state index is 0.156. The van der Waals surface area contributed by atoms with Crippen LogP contribution in [0.15, 0.2) is 30.3 Å². The van der Waals surface area contributed by atoms with E-state index in [-0.39, 0.29) is 6.61 Å². The Labute approximate surface area is 165 Å². The smallest absolute Gasteiger partial charge is 0.0687 e. The van der Waals surface area contributed by atoms with E-state index in [4.69, 9.17) is 0 Å². The van der Waals surface area contributed by atoms with E-state index in [1.807, 2.05) is 0 Å². The number of fused-ring (bicyclic) bond motifs is 5. The molecule has 0 aliphatic heterocycles. The number of hydrogen-bond donors (Lipinski definition) is 1. The number of aliphatic hydroxyl groups excluding tert-OH is 1. The number of hydrogen-bond acceptors (Lipinski definition) is 1. The first-order valence-corrected chi connectivity index (χ1v) is 11.5. The van der Waals surface area contributed by atoms with E-state index in [9.17, 15) is 5.11 Å². The Balaban J connectivity index is 1.58. The maximum atomic E-state index is 9.99. The SMILES string of the molecule is C[C@@]12CCC[C@H]1[C@@H]1CCC3CCC=C(c4ccccc4CO)[C@]3(C)[C@@H]1CC2. The summed E-state index contributed by atoms with van der Waals surface area (Å²) < 4.78 is 0. The van der Waals surface area contributed by atoms with Crippen molar-refractivity contribution >= 4 is 5.57 Å². The van der Waals surface area contributed by atoms with Gasteiger partial charge in [-0.25, -0.2) is 0 Å². The van der Waals surface area contributed by atoms with Gasteiger partial charge in [-0.2, -0.15) is 0 Å². The standard InChI is InChI=1S/C26H36O/c1-25-15-6-11-22(25)21-13-12-19-8-5-10-23(26(19,2)24(21)14-16-25)20-9-4-3-7-18(20)17-27/h3-4,7,9-10,19,21-22,24,27H,5-6,8,11-17H2,1-2H3/t19?,21-,22-,24+,25-,26+/m0/s1. The number of benzene rings is 1. The Bertz CT molecular complexity index is 748. The quantitative estimate of drug-likeness (QED) is 0.626. The zero-order chi connectivity index (χ0) is 18.6. The maximum Gasteiger partial charge on any atom is 0.0687 e. The zero-order valence-corrected chi connectivity index (χ0v) is 17.2. The van der Waals surface area contributed by atoms with Crippen LogP contribution in [0.4, 0.5) is 0 Å². The van der Waals surface area contributed by atoms with Crippen LogP contribution in [0, 0.1) is 34.5 Å². The topological polar surface area (TPSA) is 20.2 Å². The Kier molecular flexibility index (Phi) is 4.31. The van der Waals surface area contributed by atoms with E-state index in [2.05, 4.69) is 44.2 Å². The summed E-state index contributed by atoms with van der Waals surface area (Å²) in [5.41, 5.74) is 4.98. The average Bonchev–Trinajstić information content (AvgIpc) is 3.09. The van der Waals surface area contributed by atoms with Gasteiger partial charge in [0.1, 0.15) is 0 Å². The highest BCUT2D eigenvalue weighted by Crippen LogP contribution is 2.67.